The van der Waals surface area contributed by atoms with Gasteiger partial charge in [-0.2, -0.15) is 20.5 Å². The molecule has 2 atom stereocenters. The average molecular weight is 560 g/mol. The second kappa shape index (κ2) is 8.27. The van der Waals surface area contributed by atoms with Crippen LogP contribution in [0.2, 0.25) is 0 Å². The third-order valence-corrected chi connectivity index (χ3v) is 11.1. The molecule has 1 saturated carbocycles. The zero-order chi connectivity index (χ0) is 27.3. The van der Waals surface area contributed by atoms with Crippen LogP contribution in [0.5, 0.6) is 6.01 Å². The van der Waals surface area contributed by atoms with Gasteiger partial charge in [-0.3, -0.25) is 4.90 Å². The number of nitrogens with zero attached hydrogens (tertiary/aromatic N) is 8. The largest absolute Gasteiger partial charge is 0.461 e. The summed E-state index contributed by atoms with van der Waals surface area (Å²) in [5, 5.41) is 20.1. The van der Waals surface area contributed by atoms with Crippen molar-refractivity contribution < 1.29 is 9.13 Å². The van der Waals surface area contributed by atoms with Crippen LogP contribution in [0.3, 0.4) is 0 Å². The number of thiophene rings is 1. The van der Waals surface area contributed by atoms with E-state index in [1.165, 1.54) is 4.88 Å². The van der Waals surface area contributed by atoms with Crippen molar-refractivity contribution in [3.63, 3.8) is 0 Å². The molecular weight excluding hydrogens is 529 g/mol. The van der Waals surface area contributed by atoms with Crippen molar-refractivity contribution in [2.24, 2.45) is 5.41 Å². The summed E-state index contributed by atoms with van der Waals surface area (Å²) in [6.45, 7) is 3.67. The molecule has 2 N–H and O–H groups in total. The number of hydrogen-bond acceptors (Lipinski definition) is 10. The van der Waals surface area contributed by atoms with Gasteiger partial charge in [0.2, 0.25) is 0 Å². The molecule has 0 aromatic carbocycles. The Labute approximate surface area is 235 Å². The maximum Gasteiger partial charge on any atom is 0.320 e. The molecule has 2 aliphatic carbocycles. The number of aromatic nitrogens is 4. The number of nitriles is 2. The van der Waals surface area contributed by atoms with Gasteiger partial charge in [0.05, 0.1) is 28.9 Å². The molecule has 3 aromatic heterocycles. The summed E-state index contributed by atoms with van der Waals surface area (Å²) in [4.78, 5) is 20.0. The first-order chi connectivity index (χ1) is 19.4. The first-order valence-electron chi connectivity index (χ1n) is 14.1. The number of halogens is 1. The molecule has 6 heterocycles. The Hall–Kier alpha value is -3.48. The van der Waals surface area contributed by atoms with Crippen LogP contribution >= 0.6 is 11.3 Å². The highest BCUT2D eigenvalue weighted by molar-refractivity contribution is 7.16. The summed E-state index contributed by atoms with van der Waals surface area (Å²) in [5.41, 5.74) is 8.50. The smallest absolute Gasteiger partial charge is 0.320 e. The Morgan fingerprint density at radius 2 is 2.05 bits per heavy atom. The van der Waals surface area contributed by atoms with E-state index >= 15 is 0 Å². The van der Waals surface area contributed by atoms with E-state index in [4.69, 9.17) is 25.4 Å². The second-order valence-electron chi connectivity index (χ2n) is 12.5. The third kappa shape index (κ3) is 3.42. The predicted octanol–water partition coefficient (Wildman–Crippen LogP) is 3.30. The zero-order valence-corrected chi connectivity index (χ0v) is 23.0. The number of aryl methyl sites for hydroxylation is 1. The first kappa shape index (κ1) is 24.3. The fourth-order valence-electron chi connectivity index (χ4n) is 7.71. The Morgan fingerprint density at radius 1 is 1.20 bits per heavy atom. The lowest BCUT2D eigenvalue weighted by Crippen LogP contribution is -2.59. The van der Waals surface area contributed by atoms with E-state index < -0.39 is 6.17 Å². The average Bonchev–Trinajstić information content (AvgIpc) is 3.27. The van der Waals surface area contributed by atoms with Crippen LogP contribution < -0.4 is 15.4 Å². The lowest BCUT2D eigenvalue weighted by atomic mass is 9.74. The van der Waals surface area contributed by atoms with Gasteiger partial charge in [-0.25, -0.2) is 9.37 Å². The minimum absolute atomic E-state index is 0.114. The molecule has 1 unspecified atom stereocenters. The molecular formula is C28H30FN9OS. The van der Waals surface area contributed by atoms with Gasteiger partial charge in [-0.1, -0.05) is 0 Å². The van der Waals surface area contributed by atoms with Crippen molar-refractivity contribution in [3.8, 4) is 18.1 Å². The summed E-state index contributed by atoms with van der Waals surface area (Å²) in [6, 6.07) is 5.07. The molecule has 10 nitrogen and oxygen atoms in total. The summed E-state index contributed by atoms with van der Waals surface area (Å²) in [5.74, 6) is 0.705. The van der Waals surface area contributed by atoms with Gasteiger partial charge in [0.25, 0.3) is 0 Å². The van der Waals surface area contributed by atoms with Gasteiger partial charge >= 0.3 is 6.01 Å². The fraction of sp³-hybridized carbons (Fsp3) is 0.607. The van der Waals surface area contributed by atoms with Gasteiger partial charge in [-0.15, -0.1) is 11.3 Å². The van der Waals surface area contributed by atoms with Crippen molar-refractivity contribution in [1.82, 2.24) is 24.4 Å². The fourth-order valence-corrected chi connectivity index (χ4v) is 8.85. The molecule has 0 bridgehead atoms. The monoisotopic (exact) mass is 559 g/mol. The highest BCUT2D eigenvalue weighted by Gasteiger charge is 2.53. The molecule has 0 amide bonds. The van der Waals surface area contributed by atoms with Gasteiger partial charge in [0.15, 0.2) is 17.0 Å². The van der Waals surface area contributed by atoms with Gasteiger partial charge < -0.3 is 19.9 Å². The van der Waals surface area contributed by atoms with E-state index in [9.17, 15) is 14.9 Å². The predicted molar refractivity (Wildman–Crippen MR) is 147 cm³/mol. The summed E-state index contributed by atoms with van der Waals surface area (Å²) < 4.78 is 22.6. The number of ether oxygens (including phenoxy) is 1. The zero-order valence-electron chi connectivity index (χ0n) is 22.2. The van der Waals surface area contributed by atoms with E-state index in [1.807, 2.05) is 4.57 Å². The number of hydrogen-bond donors (Lipinski definition) is 1. The van der Waals surface area contributed by atoms with Crippen LogP contribution in [0, 0.1) is 28.1 Å². The Bertz CT molecular complexity index is 1620. The SMILES string of the molecule is N#Cc1c(N)sc2c1C1(CC2)CN(c2nc(OC[C@@]34CCCN3CC(F)C4)nc3c2ncn3CC2(C#N)CC2)C1. The molecule has 3 saturated heterocycles. The lowest BCUT2D eigenvalue weighted by Gasteiger charge is -2.49. The van der Waals surface area contributed by atoms with E-state index in [2.05, 4.69) is 21.9 Å². The topological polar surface area (TPSA) is 133 Å². The highest BCUT2D eigenvalue weighted by atomic mass is 32.1. The van der Waals surface area contributed by atoms with E-state index in [-0.39, 0.29) is 22.4 Å². The van der Waals surface area contributed by atoms with Crippen LogP contribution in [0.4, 0.5) is 15.2 Å². The number of nitrogens with two attached hydrogens (primary N) is 1. The van der Waals surface area contributed by atoms with Gasteiger partial charge in [0.1, 0.15) is 23.8 Å². The minimum atomic E-state index is -0.831. The lowest BCUT2D eigenvalue weighted by molar-refractivity contribution is 0.107. The number of nitrogen functional groups attached to an aromatic ring is 1. The molecule has 0 radical (unpaired) electrons. The number of imidazole rings is 1. The van der Waals surface area contributed by atoms with E-state index in [1.54, 1.807) is 17.7 Å². The molecule has 3 aliphatic heterocycles. The number of fused-ring (bicyclic) bond motifs is 4. The normalized spacial score (nSPS) is 27.4. The third-order valence-electron chi connectivity index (χ3n) is 9.99. The molecule has 4 fully saturated rings. The Balaban J connectivity index is 1.13. The molecule has 40 heavy (non-hydrogen) atoms. The Kier molecular flexibility index (Phi) is 5.03. The summed E-state index contributed by atoms with van der Waals surface area (Å²) in [7, 11) is 0. The molecule has 12 heteroatoms. The van der Waals surface area contributed by atoms with Crippen LogP contribution in [0.15, 0.2) is 6.33 Å². The minimum Gasteiger partial charge on any atom is -0.461 e. The van der Waals surface area contributed by atoms with Gasteiger partial charge in [0, 0.05) is 42.9 Å². The van der Waals surface area contributed by atoms with Crippen molar-refractivity contribution >= 4 is 33.3 Å². The van der Waals surface area contributed by atoms with E-state index in [0.717, 1.165) is 50.6 Å². The Morgan fingerprint density at radius 3 is 2.83 bits per heavy atom. The molecule has 8 rings (SSSR count). The summed E-state index contributed by atoms with van der Waals surface area (Å²) in [6.07, 6.45) is 7.01. The van der Waals surface area contributed by atoms with Crippen LogP contribution in [-0.4, -0.2) is 68.9 Å². The first-order valence-corrected chi connectivity index (χ1v) is 14.9. The van der Waals surface area contributed by atoms with Crippen molar-refractivity contribution in [1.29, 1.82) is 10.5 Å². The van der Waals surface area contributed by atoms with Crippen molar-refractivity contribution in [2.45, 2.75) is 68.6 Å². The molecule has 3 aromatic rings. The number of alkyl halides is 1. The van der Waals surface area contributed by atoms with E-state index in [0.29, 0.717) is 66.8 Å². The molecule has 5 aliphatic rings. The quantitative estimate of drug-likeness (QED) is 0.483. The van der Waals surface area contributed by atoms with Crippen molar-refractivity contribution in [3.05, 3.63) is 22.3 Å². The number of anilines is 2. The molecule has 1 spiro atoms. The molecule has 206 valence electrons. The highest BCUT2D eigenvalue weighted by Crippen LogP contribution is 2.53. The van der Waals surface area contributed by atoms with Crippen molar-refractivity contribution in [2.75, 3.05) is 43.4 Å². The second-order valence-corrected chi connectivity index (χ2v) is 13.7. The van der Waals surface area contributed by atoms with Gasteiger partial charge in [-0.05, 0) is 50.6 Å². The maximum atomic E-state index is 14.4. The van der Waals surface area contributed by atoms with Crippen LogP contribution in [-0.2, 0) is 18.4 Å². The van der Waals surface area contributed by atoms with Crippen LogP contribution in [0.25, 0.3) is 11.2 Å². The van der Waals surface area contributed by atoms with Crippen LogP contribution in [0.1, 0.15) is 54.5 Å². The standard InChI is InChI=1S/C28H30FN9OS/c29-17-8-28(3-1-7-38(28)10-17)15-39-25-34-23(21-24(35-25)37(16-33-21)12-26(11-31)5-6-26)36-13-27(14-36)4-2-19-20(27)18(9-30)22(32)40-19/h16-17H,1-8,10,12-15,32H2/t17?,28-/m0/s1. The summed E-state index contributed by atoms with van der Waals surface area (Å²) >= 11 is 1.54. The maximum absolute atomic E-state index is 14.4. The number of rotatable bonds is 6.